The van der Waals surface area contributed by atoms with Gasteiger partial charge in [0.2, 0.25) is 0 Å². The number of methoxy groups -OCH3 is 1. The Labute approximate surface area is 158 Å². The molecule has 27 heavy (non-hydrogen) atoms. The van der Waals surface area contributed by atoms with E-state index in [-0.39, 0.29) is 12.0 Å². The molecule has 0 unspecified atom stereocenters. The van der Waals surface area contributed by atoms with Crippen molar-refractivity contribution in [1.82, 2.24) is 0 Å². The van der Waals surface area contributed by atoms with Gasteiger partial charge in [0, 0.05) is 0 Å². The predicted octanol–water partition coefficient (Wildman–Crippen LogP) is 4.71. The minimum Gasteiger partial charge on any atom is -0.469 e. The van der Waals surface area contributed by atoms with Gasteiger partial charge >= 0.3 is 5.97 Å². The molecule has 1 heterocycles. The smallest absolute Gasteiger partial charge is 0.314 e. The summed E-state index contributed by atoms with van der Waals surface area (Å²) in [6, 6.07) is 29.4. The van der Waals surface area contributed by atoms with Crippen molar-refractivity contribution in [1.29, 1.82) is 0 Å². The van der Waals surface area contributed by atoms with Gasteiger partial charge in [-0.15, -0.1) is 0 Å². The average Bonchev–Trinajstić information content (AvgIpc) is 3.16. The molecular weight excluding hydrogens is 338 g/mol. The van der Waals surface area contributed by atoms with Crippen molar-refractivity contribution in [2.24, 2.45) is 5.92 Å². The Balaban J connectivity index is 1.84. The van der Waals surface area contributed by atoms with Crippen LogP contribution in [0.25, 0.3) is 0 Å². The van der Waals surface area contributed by atoms with E-state index in [1.54, 1.807) is 0 Å². The molecule has 4 rings (SSSR count). The van der Waals surface area contributed by atoms with E-state index < -0.39 is 12.0 Å². The summed E-state index contributed by atoms with van der Waals surface area (Å²) in [5.74, 6) is -0.767. The van der Waals surface area contributed by atoms with Gasteiger partial charge in [-0.1, -0.05) is 78.9 Å². The van der Waals surface area contributed by atoms with Crippen molar-refractivity contribution in [3.8, 4) is 0 Å². The first kappa shape index (κ1) is 17.3. The largest absolute Gasteiger partial charge is 0.469 e. The molecule has 3 atom stereocenters. The number of nitrogens with zero attached hydrogens (tertiary/aromatic N) is 1. The highest BCUT2D eigenvalue weighted by Crippen LogP contribution is 2.49. The molecule has 0 aromatic heterocycles. The molecule has 0 amide bonds. The fourth-order valence-corrected chi connectivity index (χ4v) is 3.65. The molecule has 3 aromatic rings. The Kier molecular flexibility index (Phi) is 4.90. The Hall–Kier alpha value is -3.11. The van der Waals surface area contributed by atoms with Crippen LogP contribution in [0.4, 0.5) is 5.69 Å². The van der Waals surface area contributed by atoms with E-state index in [0.717, 1.165) is 16.8 Å². The number of hydrogen-bond donors (Lipinski definition) is 0. The van der Waals surface area contributed by atoms with Crippen molar-refractivity contribution in [2.45, 2.75) is 12.1 Å². The zero-order valence-corrected chi connectivity index (χ0v) is 15.1. The van der Waals surface area contributed by atoms with Gasteiger partial charge in [-0.05, 0) is 23.3 Å². The van der Waals surface area contributed by atoms with Gasteiger partial charge in [-0.2, -0.15) is 0 Å². The highest BCUT2D eigenvalue weighted by Gasteiger charge is 2.49. The molecule has 0 N–H and O–H groups in total. The van der Waals surface area contributed by atoms with E-state index >= 15 is 0 Å². The predicted molar refractivity (Wildman–Crippen MR) is 104 cm³/mol. The highest BCUT2D eigenvalue weighted by molar-refractivity contribution is 5.76. The summed E-state index contributed by atoms with van der Waals surface area (Å²) in [6.07, 6.45) is -0.427. The summed E-state index contributed by atoms with van der Waals surface area (Å²) in [5, 5.41) is 1.84. The van der Waals surface area contributed by atoms with Gasteiger partial charge in [-0.3, -0.25) is 9.63 Å². The second-order valence-electron chi connectivity index (χ2n) is 6.50. The highest BCUT2D eigenvalue weighted by atomic mass is 16.7. The number of hydroxylamine groups is 1. The van der Waals surface area contributed by atoms with E-state index in [1.807, 2.05) is 96.1 Å². The molecule has 4 heteroatoms. The number of carbonyl (C=O) groups is 1. The third-order valence-electron chi connectivity index (χ3n) is 4.90. The molecule has 0 saturated carbocycles. The van der Waals surface area contributed by atoms with Crippen molar-refractivity contribution in [2.75, 3.05) is 12.2 Å². The van der Waals surface area contributed by atoms with Crippen molar-refractivity contribution in [3.63, 3.8) is 0 Å². The van der Waals surface area contributed by atoms with Crippen LogP contribution in [0.1, 0.15) is 23.3 Å². The van der Waals surface area contributed by atoms with E-state index in [2.05, 4.69) is 0 Å². The second-order valence-corrected chi connectivity index (χ2v) is 6.50. The van der Waals surface area contributed by atoms with Crippen LogP contribution >= 0.6 is 0 Å². The maximum atomic E-state index is 12.8. The summed E-state index contributed by atoms with van der Waals surface area (Å²) in [4.78, 5) is 19.2. The molecule has 3 aromatic carbocycles. The average molecular weight is 359 g/mol. The normalized spacial score (nSPS) is 21.8. The summed E-state index contributed by atoms with van der Waals surface area (Å²) >= 11 is 0. The molecule has 1 saturated heterocycles. The Morgan fingerprint density at radius 3 is 1.89 bits per heavy atom. The zero-order chi connectivity index (χ0) is 18.6. The Bertz CT molecular complexity index is 883. The fraction of sp³-hybridized carbons (Fsp3) is 0.174. The third-order valence-corrected chi connectivity index (χ3v) is 4.90. The second kappa shape index (κ2) is 7.64. The monoisotopic (exact) mass is 359 g/mol. The molecule has 4 nitrogen and oxygen atoms in total. The molecule has 136 valence electrons. The molecule has 0 spiro atoms. The van der Waals surface area contributed by atoms with Crippen molar-refractivity contribution < 1.29 is 14.4 Å². The van der Waals surface area contributed by atoms with Gasteiger partial charge in [0.1, 0.15) is 12.0 Å². The van der Waals surface area contributed by atoms with Crippen LogP contribution in [0.15, 0.2) is 91.0 Å². The lowest BCUT2D eigenvalue weighted by Gasteiger charge is -2.26. The number of esters is 1. The molecular formula is C23H21NO3. The van der Waals surface area contributed by atoms with Crippen molar-refractivity contribution in [3.05, 3.63) is 102 Å². The van der Waals surface area contributed by atoms with Gasteiger partial charge in [0.25, 0.3) is 0 Å². The molecule has 0 radical (unpaired) electrons. The first-order chi connectivity index (χ1) is 13.3. The number of carbonyl (C=O) groups excluding carboxylic acids is 1. The number of hydrogen-bond acceptors (Lipinski definition) is 4. The van der Waals surface area contributed by atoms with Crippen molar-refractivity contribution >= 4 is 11.7 Å². The van der Waals surface area contributed by atoms with Crippen LogP contribution in [0.2, 0.25) is 0 Å². The van der Waals surface area contributed by atoms with Gasteiger partial charge in [0.15, 0.2) is 0 Å². The van der Waals surface area contributed by atoms with Crippen LogP contribution in [-0.4, -0.2) is 13.1 Å². The maximum Gasteiger partial charge on any atom is 0.314 e. The third kappa shape index (κ3) is 3.32. The lowest BCUT2D eigenvalue weighted by atomic mass is 9.86. The fourth-order valence-electron chi connectivity index (χ4n) is 3.65. The SMILES string of the molecule is COC(=O)[C@H]1[C@H](c2ccccc2)ON(c2ccccc2)[C@H]1c1ccccc1. The van der Waals surface area contributed by atoms with Crippen LogP contribution in [0.5, 0.6) is 0 Å². The maximum absolute atomic E-state index is 12.8. The standard InChI is InChI=1S/C23H21NO3/c1-26-23(25)20-21(17-11-5-2-6-12-17)24(19-15-9-4-10-16-19)27-22(20)18-13-7-3-8-14-18/h2-16,20-22H,1H3/t20-,21+,22+/m1/s1. The Morgan fingerprint density at radius 2 is 1.33 bits per heavy atom. The van der Waals surface area contributed by atoms with E-state index in [0.29, 0.717) is 0 Å². The molecule has 1 fully saturated rings. The topological polar surface area (TPSA) is 38.8 Å². The summed E-state index contributed by atoms with van der Waals surface area (Å²) in [7, 11) is 1.43. The molecule has 0 bridgehead atoms. The van der Waals surface area contributed by atoms with Gasteiger partial charge in [0.05, 0.1) is 18.8 Å². The van der Waals surface area contributed by atoms with Gasteiger partial charge < -0.3 is 4.74 Å². The van der Waals surface area contributed by atoms with Crippen LogP contribution in [0.3, 0.4) is 0 Å². The van der Waals surface area contributed by atoms with Crippen LogP contribution in [0, 0.1) is 5.92 Å². The molecule has 1 aliphatic heterocycles. The number of benzene rings is 3. The van der Waals surface area contributed by atoms with Crippen LogP contribution in [-0.2, 0) is 14.4 Å². The quantitative estimate of drug-likeness (QED) is 0.633. The molecule has 1 aliphatic rings. The summed E-state index contributed by atoms with van der Waals surface area (Å²) < 4.78 is 5.18. The minimum atomic E-state index is -0.486. The summed E-state index contributed by atoms with van der Waals surface area (Å²) in [6.45, 7) is 0. The van der Waals surface area contributed by atoms with E-state index in [9.17, 15) is 4.79 Å². The number of rotatable bonds is 4. The number of anilines is 1. The minimum absolute atomic E-state index is 0.281. The van der Waals surface area contributed by atoms with Gasteiger partial charge in [-0.25, -0.2) is 5.06 Å². The lowest BCUT2D eigenvalue weighted by molar-refractivity contribution is -0.147. The zero-order valence-electron chi connectivity index (χ0n) is 15.1. The first-order valence-electron chi connectivity index (χ1n) is 8.98. The lowest BCUT2D eigenvalue weighted by Crippen LogP contribution is -2.29. The Morgan fingerprint density at radius 1 is 0.815 bits per heavy atom. The summed E-state index contributed by atoms with van der Waals surface area (Å²) in [5.41, 5.74) is 2.86. The van der Waals surface area contributed by atoms with Crippen LogP contribution < -0.4 is 5.06 Å². The first-order valence-corrected chi connectivity index (χ1v) is 8.98. The van der Waals surface area contributed by atoms with E-state index in [1.165, 1.54) is 7.11 Å². The number of ether oxygens (including phenoxy) is 1. The van der Waals surface area contributed by atoms with E-state index in [4.69, 9.17) is 9.57 Å². The number of para-hydroxylation sites is 1. The molecule has 0 aliphatic carbocycles.